The third kappa shape index (κ3) is 5.46. The minimum Gasteiger partial charge on any atom is -0.461 e. The average molecular weight is 465 g/mol. The molecule has 0 aliphatic rings. The molecule has 0 radical (unpaired) electrons. The number of Topliss-reactive ketones (excluding diaryl/α,β-unsaturated/α-hetero) is 1. The van der Waals surface area contributed by atoms with Crippen LogP contribution >= 0.6 is 0 Å². The number of hydrogen-bond donors (Lipinski definition) is 1. The van der Waals surface area contributed by atoms with Gasteiger partial charge in [-0.25, -0.2) is 13.2 Å². The summed E-state index contributed by atoms with van der Waals surface area (Å²) in [5, 5.41) is 0. The predicted octanol–water partition coefficient (Wildman–Crippen LogP) is 3.42. The van der Waals surface area contributed by atoms with Gasteiger partial charge >= 0.3 is 5.97 Å². The Kier molecular flexibility index (Phi) is 8.77. The molecule has 8 nitrogen and oxygen atoms in total. The summed E-state index contributed by atoms with van der Waals surface area (Å²) in [5.41, 5.74) is 2.38. The number of hydrogen-bond acceptors (Lipinski definition) is 6. The molecule has 0 saturated carbocycles. The highest BCUT2D eigenvalue weighted by molar-refractivity contribution is 7.89. The summed E-state index contributed by atoms with van der Waals surface area (Å²) in [5.74, 6) is -0.941. The van der Waals surface area contributed by atoms with Crippen molar-refractivity contribution in [2.75, 3.05) is 26.9 Å². The van der Waals surface area contributed by atoms with E-state index in [2.05, 4.69) is 4.98 Å². The van der Waals surface area contributed by atoms with Gasteiger partial charge in [-0.15, -0.1) is 0 Å². The normalized spacial score (nSPS) is 12.7. The molecule has 0 aliphatic carbocycles. The van der Waals surface area contributed by atoms with E-state index in [4.69, 9.17) is 9.47 Å². The minimum atomic E-state index is -3.94. The SMILES string of the molecule is CCOC(=O)c1[nH]c(C)c(C(=O)[C@@H](C)N(CCCOC)S(=O)(=O)c2ccc(C)cc2)c1C. The van der Waals surface area contributed by atoms with Crippen molar-refractivity contribution in [3.63, 3.8) is 0 Å². The summed E-state index contributed by atoms with van der Waals surface area (Å²) in [4.78, 5) is 28.7. The maximum atomic E-state index is 13.5. The minimum absolute atomic E-state index is 0.115. The molecule has 1 aromatic carbocycles. The van der Waals surface area contributed by atoms with Crippen LogP contribution in [0.2, 0.25) is 0 Å². The van der Waals surface area contributed by atoms with Crippen molar-refractivity contribution in [3.05, 3.63) is 52.3 Å². The fraction of sp³-hybridized carbons (Fsp3) is 0.478. The van der Waals surface area contributed by atoms with Crippen molar-refractivity contribution in [1.29, 1.82) is 0 Å². The number of sulfonamides is 1. The standard InChI is InChI=1S/C23H32N2O6S/c1-7-31-23(27)21-16(3)20(17(4)24-21)22(26)18(5)25(13-8-14-30-6)32(28,29)19-11-9-15(2)10-12-19/h9-12,18,24H,7-8,13-14H2,1-6H3/t18-/m1/s1. The number of carbonyl (C=O) groups excluding carboxylic acids is 2. The Hall–Kier alpha value is -2.49. The van der Waals surface area contributed by atoms with Crippen molar-refractivity contribution in [2.24, 2.45) is 0 Å². The third-order valence-corrected chi connectivity index (χ3v) is 7.31. The number of nitrogens with one attached hydrogen (secondary N) is 1. The quantitative estimate of drug-likeness (QED) is 0.310. The van der Waals surface area contributed by atoms with Crippen LogP contribution in [0.4, 0.5) is 0 Å². The number of aromatic nitrogens is 1. The van der Waals surface area contributed by atoms with Crippen molar-refractivity contribution < 1.29 is 27.5 Å². The zero-order chi connectivity index (χ0) is 24.1. The second-order valence-corrected chi connectivity index (χ2v) is 9.55. The van der Waals surface area contributed by atoms with Gasteiger partial charge in [-0.1, -0.05) is 17.7 Å². The van der Waals surface area contributed by atoms with Crippen LogP contribution in [-0.2, 0) is 19.5 Å². The van der Waals surface area contributed by atoms with Crippen LogP contribution < -0.4 is 0 Å². The monoisotopic (exact) mass is 464 g/mol. The molecule has 1 N–H and O–H groups in total. The molecule has 0 fully saturated rings. The maximum Gasteiger partial charge on any atom is 0.355 e. The van der Waals surface area contributed by atoms with E-state index in [0.717, 1.165) is 5.56 Å². The number of nitrogens with zero attached hydrogens (tertiary/aromatic N) is 1. The van der Waals surface area contributed by atoms with Crippen molar-refractivity contribution in [1.82, 2.24) is 9.29 Å². The molecular formula is C23H32N2O6S. The highest BCUT2D eigenvalue weighted by Crippen LogP contribution is 2.25. The maximum absolute atomic E-state index is 13.5. The number of ketones is 1. The number of aromatic amines is 1. The number of rotatable bonds is 11. The lowest BCUT2D eigenvalue weighted by atomic mass is 10.0. The summed E-state index contributed by atoms with van der Waals surface area (Å²) >= 11 is 0. The Balaban J connectivity index is 2.46. The Labute approximate surface area is 190 Å². The fourth-order valence-electron chi connectivity index (χ4n) is 3.60. The molecule has 0 bridgehead atoms. The lowest BCUT2D eigenvalue weighted by molar-refractivity contribution is 0.0519. The van der Waals surface area contributed by atoms with Gasteiger partial charge in [-0.2, -0.15) is 4.31 Å². The van der Waals surface area contributed by atoms with Gasteiger partial charge < -0.3 is 14.5 Å². The largest absolute Gasteiger partial charge is 0.461 e. The summed E-state index contributed by atoms with van der Waals surface area (Å²) in [6.07, 6.45) is 0.429. The van der Waals surface area contributed by atoms with Gasteiger partial charge in [0.1, 0.15) is 5.69 Å². The second kappa shape index (κ2) is 10.9. The van der Waals surface area contributed by atoms with E-state index >= 15 is 0 Å². The molecule has 1 atom stereocenters. The molecule has 0 unspecified atom stereocenters. The molecule has 0 saturated heterocycles. The molecule has 32 heavy (non-hydrogen) atoms. The second-order valence-electron chi connectivity index (χ2n) is 7.66. The first kappa shape index (κ1) is 25.8. The van der Waals surface area contributed by atoms with Gasteiger partial charge in [-0.05, 0) is 58.7 Å². The summed E-state index contributed by atoms with van der Waals surface area (Å²) in [6.45, 7) is 9.15. The molecule has 2 aromatic rings. The highest BCUT2D eigenvalue weighted by atomic mass is 32.2. The molecule has 0 amide bonds. The Bertz CT molecular complexity index is 1060. The van der Waals surface area contributed by atoms with Crippen LogP contribution in [0, 0.1) is 20.8 Å². The molecule has 0 aliphatic heterocycles. The zero-order valence-electron chi connectivity index (χ0n) is 19.5. The van der Waals surface area contributed by atoms with Crippen molar-refractivity contribution >= 4 is 21.8 Å². The van der Waals surface area contributed by atoms with E-state index in [1.54, 1.807) is 39.8 Å². The zero-order valence-corrected chi connectivity index (χ0v) is 20.3. The molecule has 2 rings (SSSR count). The number of carbonyl (C=O) groups is 2. The molecule has 176 valence electrons. The van der Waals surface area contributed by atoms with Crippen molar-refractivity contribution in [3.8, 4) is 0 Å². The lowest BCUT2D eigenvalue weighted by Gasteiger charge is -2.28. The lowest BCUT2D eigenvalue weighted by Crippen LogP contribution is -2.44. The first-order valence-electron chi connectivity index (χ1n) is 10.5. The first-order chi connectivity index (χ1) is 15.1. The number of aryl methyl sites for hydroxylation is 2. The predicted molar refractivity (Wildman–Crippen MR) is 122 cm³/mol. The Morgan fingerprint density at radius 2 is 1.75 bits per heavy atom. The van der Waals surface area contributed by atoms with Gasteiger partial charge in [0.25, 0.3) is 0 Å². The number of ether oxygens (including phenoxy) is 2. The van der Waals surface area contributed by atoms with Crippen LogP contribution in [-0.4, -0.2) is 62.4 Å². The topological polar surface area (TPSA) is 106 Å². The third-order valence-electron chi connectivity index (χ3n) is 5.33. The van der Waals surface area contributed by atoms with Crippen LogP contribution in [0.15, 0.2) is 29.2 Å². The van der Waals surface area contributed by atoms with Gasteiger partial charge in [0, 0.05) is 31.5 Å². The van der Waals surface area contributed by atoms with Gasteiger partial charge in [0.05, 0.1) is 17.5 Å². The molecular weight excluding hydrogens is 432 g/mol. The van der Waals surface area contributed by atoms with E-state index in [1.165, 1.54) is 23.5 Å². The van der Waals surface area contributed by atoms with Crippen molar-refractivity contribution in [2.45, 2.75) is 52.0 Å². The fourth-order valence-corrected chi connectivity index (χ4v) is 5.23. The van der Waals surface area contributed by atoms with E-state index in [0.29, 0.717) is 29.8 Å². The smallest absolute Gasteiger partial charge is 0.355 e. The molecule has 1 heterocycles. The Morgan fingerprint density at radius 1 is 1.12 bits per heavy atom. The van der Waals surface area contributed by atoms with Gasteiger partial charge in [-0.3, -0.25) is 4.79 Å². The average Bonchev–Trinajstić information content (AvgIpc) is 3.04. The number of H-pyrrole nitrogens is 1. The first-order valence-corrected chi connectivity index (χ1v) is 12.0. The van der Waals surface area contributed by atoms with E-state index in [9.17, 15) is 18.0 Å². The number of esters is 1. The number of benzene rings is 1. The van der Waals surface area contributed by atoms with Crippen LogP contribution in [0.3, 0.4) is 0 Å². The van der Waals surface area contributed by atoms with Crippen LogP contribution in [0.5, 0.6) is 0 Å². The van der Waals surface area contributed by atoms with E-state index < -0.39 is 22.0 Å². The molecule has 1 aromatic heterocycles. The molecule has 0 spiro atoms. The van der Waals surface area contributed by atoms with E-state index in [1.807, 2.05) is 6.92 Å². The number of methoxy groups -OCH3 is 1. The van der Waals surface area contributed by atoms with Gasteiger partial charge in [0.2, 0.25) is 10.0 Å². The summed E-state index contributed by atoms with van der Waals surface area (Å²) in [6, 6.07) is 5.53. The van der Waals surface area contributed by atoms with Crippen LogP contribution in [0.1, 0.15) is 57.9 Å². The summed E-state index contributed by atoms with van der Waals surface area (Å²) < 4.78 is 38.2. The van der Waals surface area contributed by atoms with E-state index in [-0.39, 0.29) is 29.5 Å². The van der Waals surface area contributed by atoms with Crippen LogP contribution in [0.25, 0.3) is 0 Å². The van der Waals surface area contributed by atoms with Gasteiger partial charge in [0.15, 0.2) is 5.78 Å². The summed E-state index contributed by atoms with van der Waals surface area (Å²) in [7, 11) is -2.40. The Morgan fingerprint density at radius 3 is 2.31 bits per heavy atom. The molecule has 9 heteroatoms. The highest BCUT2D eigenvalue weighted by Gasteiger charge is 2.35.